The number of aliphatic carboxylic acids is 1. The number of carboxylic acids is 1. The molecule has 2 N–H and O–H groups in total. The van der Waals surface area contributed by atoms with Gasteiger partial charge in [-0.05, 0) is 31.6 Å². The lowest BCUT2D eigenvalue weighted by Gasteiger charge is -2.46. The molecule has 2 amide bonds. The molecule has 10 nitrogen and oxygen atoms in total. The van der Waals surface area contributed by atoms with Crippen molar-refractivity contribution in [2.24, 2.45) is 0 Å². The molecule has 1 heterocycles. The number of amides is 2. The van der Waals surface area contributed by atoms with Gasteiger partial charge in [0, 0.05) is 5.56 Å². The number of ether oxygens (including phenoxy) is 1. The van der Waals surface area contributed by atoms with Gasteiger partial charge in [0.15, 0.2) is 27.6 Å². The quantitative estimate of drug-likeness (QED) is 0.283. The summed E-state index contributed by atoms with van der Waals surface area (Å²) in [5, 5.41) is 10.1. The molecule has 0 saturated carbocycles. The number of nitrogens with one attached hydrogen (secondary N) is 1. The van der Waals surface area contributed by atoms with Crippen LogP contribution < -0.4 is 10.1 Å². The fourth-order valence-electron chi connectivity index (χ4n) is 3.62. The van der Waals surface area contributed by atoms with Gasteiger partial charge in [-0.15, -0.1) is 0 Å². The number of nitrogens with zero attached hydrogens (tertiary/aromatic N) is 1. The summed E-state index contributed by atoms with van der Waals surface area (Å²) in [6, 6.07) is 14.5. The smallest absolute Gasteiger partial charge is 0.352 e. The number of carbonyl (C=O) groups excluding carboxylic acids is 3. The first-order chi connectivity index (χ1) is 16.5. The van der Waals surface area contributed by atoms with Crippen molar-refractivity contribution in [1.82, 2.24) is 10.2 Å². The molecule has 2 atom stereocenters. The molecule has 1 saturated heterocycles. The molecule has 35 heavy (non-hydrogen) atoms. The predicted octanol–water partition coefficient (Wildman–Crippen LogP) is 1.39. The summed E-state index contributed by atoms with van der Waals surface area (Å²) >= 11 is 0. The molecule has 0 aromatic heterocycles. The normalized spacial score (nSPS) is 17.2. The van der Waals surface area contributed by atoms with Gasteiger partial charge in [-0.25, -0.2) is 13.2 Å². The molecule has 0 radical (unpaired) electrons. The first-order valence-corrected chi connectivity index (χ1v) is 12.3. The molecule has 0 unspecified atom stereocenters. The van der Waals surface area contributed by atoms with Crippen molar-refractivity contribution < 1.29 is 37.4 Å². The third-order valence-corrected chi connectivity index (χ3v) is 7.07. The summed E-state index contributed by atoms with van der Waals surface area (Å²) in [7, 11) is -4.42. The average Bonchev–Trinajstić information content (AvgIpc) is 2.81. The summed E-state index contributed by atoms with van der Waals surface area (Å²) in [6.45, 7) is 2.32. The Morgan fingerprint density at radius 1 is 1.00 bits per heavy atom. The number of β-lactam (4-membered cyclic amide) rings is 1. The highest BCUT2D eigenvalue weighted by atomic mass is 32.2. The second-order valence-electron chi connectivity index (χ2n) is 8.00. The number of rotatable bonds is 10. The summed E-state index contributed by atoms with van der Waals surface area (Å²) < 4.78 is 31.8. The maximum atomic E-state index is 13.3. The Bertz CT molecular complexity index is 1270. The van der Waals surface area contributed by atoms with Crippen LogP contribution in [-0.4, -0.2) is 65.8 Å². The number of allylic oxidation sites excluding steroid dienone is 1. The monoisotopic (exact) mass is 500 g/mol. The van der Waals surface area contributed by atoms with Crippen LogP contribution in [0.4, 0.5) is 0 Å². The van der Waals surface area contributed by atoms with E-state index in [1.807, 2.05) is 0 Å². The summed E-state index contributed by atoms with van der Waals surface area (Å²) in [4.78, 5) is 50.3. The number of likely N-dealkylation sites (tertiary alicyclic amines) is 1. The number of benzene rings is 2. The minimum absolute atomic E-state index is 0.144. The van der Waals surface area contributed by atoms with E-state index in [9.17, 15) is 32.7 Å². The zero-order chi connectivity index (χ0) is 25.8. The van der Waals surface area contributed by atoms with Gasteiger partial charge in [0.1, 0.15) is 23.2 Å². The lowest BCUT2D eigenvalue weighted by Crippen LogP contribution is -2.73. The second kappa shape index (κ2) is 10.5. The maximum absolute atomic E-state index is 13.3. The number of para-hydroxylation sites is 1. The molecule has 11 heteroatoms. The highest BCUT2D eigenvalue weighted by Gasteiger charge is 2.58. The van der Waals surface area contributed by atoms with Crippen molar-refractivity contribution in [3.05, 3.63) is 77.5 Å². The Labute approximate surface area is 202 Å². The molecule has 2 aromatic carbocycles. The number of carbonyl (C=O) groups is 4. The van der Waals surface area contributed by atoms with Crippen LogP contribution in [0.15, 0.2) is 71.9 Å². The van der Waals surface area contributed by atoms with Gasteiger partial charge >= 0.3 is 5.97 Å². The van der Waals surface area contributed by atoms with E-state index in [0.717, 1.165) is 0 Å². The molecule has 1 aliphatic rings. The first-order valence-electron chi connectivity index (χ1n) is 10.5. The van der Waals surface area contributed by atoms with Crippen LogP contribution in [0.3, 0.4) is 0 Å². The largest absolute Gasteiger partial charge is 0.484 e. The molecule has 184 valence electrons. The van der Waals surface area contributed by atoms with Crippen molar-refractivity contribution in [2.75, 3.05) is 12.4 Å². The molecule has 1 fully saturated rings. The molecular formula is C24H24N2O8S. The molecule has 1 aliphatic heterocycles. The zero-order valence-corrected chi connectivity index (χ0v) is 19.8. The van der Waals surface area contributed by atoms with Crippen LogP contribution >= 0.6 is 0 Å². The summed E-state index contributed by atoms with van der Waals surface area (Å²) in [6.07, 6.45) is 0. The second-order valence-corrected chi connectivity index (χ2v) is 10.1. The van der Waals surface area contributed by atoms with Gasteiger partial charge < -0.3 is 15.2 Å². The third-order valence-electron chi connectivity index (χ3n) is 5.19. The van der Waals surface area contributed by atoms with E-state index in [2.05, 4.69) is 5.32 Å². The minimum Gasteiger partial charge on any atom is -0.484 e. The number of hydrogen-bond donors (Lipinski definition) is 2. The number of Topliss-reactive ketones (excluding diaryl/α,β-unsaturated/α-hetero) is 1. The Kier molecular flexibility index (Phi) is 7.70. The van der Waals surface area contributed by atoms with E-state index in [4.69, 9.17) is 4.74 Å². The van der Waals surface area contributed by atoms with E-state index in [1.54, 1.807) is 48.5 Å². The van der Waals surface area contributed by atoms with Crippen molar-refractivity contribution >= 4 is 33.4 Å². The summed E-state index contributed by atoms with van der Waals surface area (Å²) in [5.41, 5.74) is -0.204. The van der Waals surface area contributed by atoms with E-state index >= 15 is 0 Å². The topological polar surface area (TPSA) is 147 Å². The Morgan fingerprint density at radius 2 is 1.57 bits per heavy atom. The van der Waals surface area contributed by atoms with Crippen molar-refractivity contribution in [3.63, 3.8) is 0 Å². The highest BCUT2D eigenvalue weighted by Crippen LogP contribution is 2.32. The van der Waals surface area contributed by atoms with Crippen LogP contribution in [0, 0.1) is 0 Å². The zero-order valence-electron chi connectivity index (χ0n) is 19.0. The number of hydrogen-bond acceptors (Lipinski definition) is 7. The molecule has 0 bridgehead atoms. The number of ketones is 1. The van der Waals surface area contributed by atoms with Gasteiger partial charge in [-0.1, -0.05) is 48.5 Å². The standard InChI is InChI=1S/C24H24N2O8S/c1-15(2)21(24(30)31)26-22(29)20(25-19(28)13-34-17-11-7-4-8-12-17)23(26)35(32,33)14-18(27)16-9-5-3-6-10-16/h3-12,20,23H,13-14H2,1-2H3,(H,25,28)(H,30,31)/t20-,23+/m1/s1. The molecule has 3 rings (SSSR count). The highest BCUT2D eigenvalue weighted by molar-refractivity contribution is 7.92. The van der Waals surface area contributed by atoms with Crippen molar-refractivity contribution in [3.8, 4) is 5.75 Å². The van der Waals surface area contributed by atoms with Crippen LogP contribution in [0.5, 0.6) is 5.75 Å². The van der Waals surface area contributed by atoms with Crippen LogP contribution in [0.25, 0.3) is 0 Å². The lowest BCUT2D eigenvalue weighted by atomic mass is 10.0. The molecule has 0 aliphatic carbocycles. The van der Waals surface area contributed by atoms with Crippen molar-refractivity contribution in [2.45, 2.75) is 25.3 Å². The fraction of sp³-hybridized carbons (Fsp3) is 0.250. The molecule has 2 aromatic rings. The Hall–Kier alpha value is -3.99. The van der Waals surface area contributed by atoms with Crippen LogP contribution in [0.1, 0.15) is 24.2 Å². The van der Waals surface area contributed by atoms with Gasteiger partial charge in [0.05, 0.1) is 0 Å². The first kappa shape index (κ1) is 25.6. The van der Waals surface area contributed by atoms with E-state index < -0.39 is 62.9 Å². The average molecular weight is 501 g/mol. The summed E-state index contributed by atoms with van der Waals surface area (Å²) in [5.74, 6) is -4.53. The van der Waals surface area contributed by atoms with Gasteiger partial charge in [0.2, 0.25) is 0 Å². The van der Waals surface area contributed by atoms with Crippen LogP contribution in [0.2, 0.25) is 0 Å². The third kappa shape index (κ3) is 5.75. The number of sulfone groups is 1. The Morgan fingerprint density at radius 3 is 2.11 bits per heavy atom. The van der Waals surface area contributed by atoms with Gasteiger partial charge in [0.25, 0.3) is 11.8 Å². The van der Waals surface area contributed by atoms with Gasteiger partial charge in [-0.2, -0.15) is 0 Å². The molecular weight excluding hydrogens is 476 g/mol. The van der Waals surface area contributed by atoms with Crippen LogP contribution in [-0.2, 0) is 24.2 Å². The van der Waals surface area contributed by atoms with E-state index in [1.165, 1.54) is 26.0 Å². The van der Waals surface area contributed by atoms with E-state index in [0.29, 0.717) is 10.6 Å². The SMILES string of the molecule is CC(C)=C(C(=O)O)N1C(=O)[C@@H](NC(=O)COc2ccccc2)[C@@H]1S(=O)(=O)CC(=O)c1ccccc1. The molecule has 0 spiro atoms. The lowest BCUT2D eigenvalue weighted by molar-refractivity contribution is -0.151. The van der Waals surface area contributed by atoms with E-state index in [-0.39, 0.29) is 11.1 Å². The van der Waals surface area contributed by atoms with Gasteiger partial charge in [-0.3, -0.25) is 19.3 Å². The predicted molar refractivity (Wildman–Crippen MR) is 125 cm³/mol. The van der Waals surface area contributed by atoms with Crippen molar-refractivity contribution in [1.29, 1.82) is 0 Å². The number of carboxylic acid groups (broad SMARTS) is 1. The maximum Gasteiger partial charge on any atom is 0.352 e. The fourth-order valence-corrected chi connectivity index (χ4v) is 5.45. The minimum atomic E-state index is -4.42. The Balaban J connectivity index is 1.85.